The third-order valence-corrected chi connectivity index (χ3v) is 6.68. The van der Waals surface area contributed by atoms with Crippen LogP contribution in [0.5, 0.6) is 0 Å². The van der Waals surface area contributed by atoms with E-state index in [0.29, 0.717) is 16.6 Å². The van der Waals surface area contributed by atoms with E-state index in [1.165, 1.54) is 6.33 Å². The van der Waals surface area contributed by atoms with E-state index in [0.717, 1.165) is 32.9 Å². The number of nitrogens with one attached hydrogen (secondary N) is 1. The quantitative estimate of drug-likeness (QED) is 0.467. The van der Waals surface area contributed by atoms with Crippen molar-refractivity contribution in [2.75, 3.05) is 5.32 Å². The van der Waals surface area contributed by atoms with Gasteiger partial charge in [-0.3, -0.25) is 14.3 Å². The lowest BCUT2D eigenvalue weighted by Crippen LogP contribution is -2.29. The largest absolute Gasteiger partial charge is 0.360 e. The summed E-state index contributed by atoms with van der Waals surface area (Å²) >= 11 is 1.72. The zero-order valence-corrected chi connectivity index (χ0v) is 18.9. The van der Waals surface area contributed by atoms with Crippen molar-refractivity contribution < 1.29 is 0 Å². The Morgan fingerprint density at radius 3 is 2.72 bits per heavy atom. The van der Waals surface area contributed by atoms with Crippen LogP contribution < -0.4 is 10.9 Å². The van der Waals surface area contributed by atoms with Gasteiger partial charge in [-0.15, -0.1) is 11.8 Å². The van der Waals surface area contributed by atoms with Gasteiger partial charge in [-0.1, -0.05) is 24.3 Å². The van der Waals surface area contributed by atoms with Crippen molar-refractivity contribution in [2.45, 2.75) is 37.0 Å². The Morgan fingerprint density at radius 1 is 1.09 bits per heavy atom. The molecule has 1 aliphatic rings. The fourth-order valence-corrected chi connectivity index (χ4v) is 5.40. The molecule has 5 rings (SSSR count). The molecule has 32 heavy (non-hydrogen) atoms. The van der Waals surface area contributed by atoms with Crippen molar-refractivity contribution in [1.29, 1.82) is 0 Å². The molecule has 2 atom stereocenters. The minimum absolute atomic E-state index is 0.00355. The van der Waals surface area contributed by atoms with Crippen molar-refractivity contribution in [1.82, 2.24) is 19.5 Å². The molecule has 0 fully saturated rings. The van der Waals surface area contributed by atoms with Gasteiger partial charge in [-0.05, 0) is 56.7 Å². The van der Waals surface area contributed by atoms with Crippen LogP contribution in [0, 0.1) is 0 Å². The average Bonchev–Trinajstić information content (AvgIpc) is 2.79. The highest BCUT2D eigenvalue weighted by Crippen LogP contribution is 2.37. The van der Waals surface area contributed by atoms with Gasteiger partial charge in [0.2, 0.25) is 0 Å². The Morgan fingerprint density at radius 2 is 1.91 bits per heavy atom. The van der Waals surface area contributed by atoms with E-state index in [-0.39, 0.29) is 11.6 Å². The molecule has 2 unspecified atom stereocenters. The molecular weight excluding hydrogens is 418 g/mol. The average molecular weight is 442 g/mol. The maximum atomic E-state index is 13.8. The number of hydrogen-bond acceptors (Lipinski definition) is 6. The number of aromatic nitrogens is 4. The van der Waals surface area contributed by atoms with E-state index in [9.17, 15) is 4.79 Å². The Bertz CT molecular complexity index is 1390. The molecular formula is C25H23N5OS. The number of allylic oxidation sites excluding steroid dienone is 1. The zero-order chi connectivity index (χ0) is 22.2. The van der Waals surface area contributed by atoms with Crippen molar-refractivity contribution in [3.63, 3.8) is 0 Å². The van der Waals surface area contributed by atoms with Crippen LogP contribution in [-0.2, 0) is 0 Å². The summed E-state index contributed by atoms with van der Waals surface area (Å²) in [5, 5.41) is 3.79. The minimum atomic E-state index is -0.199. The van der Waals surface area contributed by atoms with Gasteiger partial charge in [-0.25, -0.2) is 9.97 Å². The number of anilines is 1. The fourth-order valence-electron chi connectivity index (χ4n) is 4.17. The second-order valence-corrected chi connectivity index (χ2v) is 9.34. The summed E-state index contributed by atoms with van der Waals surface area (Å²) < 4.78 is 1.81. The molecule has 0 radical (unpaired) electrons. The predicted octanol–water partition coefficient (Wildman–Crippen LogP) is 5.25. The van der Waals surface area contributed by atoms with Crippen LogP contribution in [0.2, 0.25) is 0 Å². The minimum Gasteiger partial charge on any atom is -0.360 e. The van der Waals surface area contributed by atoms with Crippen molar-refractivity contribution in [3.8, 4) is 5.69 Å². The van der Waals surface area contributed by atoms with Gasteiger partial charge in [0.15, 0.2) is 5.82 Å². The lowest BCUT2D eigenvalue weighted by atomic mass is 10.0. The maximum absolute atomic E-state index is 13.8. The summed E-state index contributed by atoms with van der Waals surface area (Å²) in [6, 6.07) is 15.5. The van der Waals surface area contributed by atoms with Gasteiger partial charge in [0, 0.05) is 27.7 Å². The van der Waals surface area contributed by atoms with Gasteiger partial charge >= 0.3 is 0 Å². The number of nitrogens with zero attached hydrogens (tertiary/aromatic N) is 4. The summed E-state index contributed by atoms with van der Waals surface area (Å²) in [5.41, 5.74) is 4.99. The third-order valence-electron chi connectivity index (χ3n) is 5.60. The van der Waals surface area contributed by atoms with Crippen molar-refractivity contribution in [3.05, 3.63) is 88.7 Å². The van der Waals surface area contributed by atoms with Crippen molar-refractivity contribution in [2.24, 2.45) is 0 Å². The lowest BCUT2D eigenvalue weighted by molar-refractivity contribution is 0.757. The topological polar surface area (TPSA) is 72.7 Å². The Kier molecular flexibility index (Phi) is 5.27. The lowest BCUT2D eigenvalue weighted by Gasteiger charge is -2.26. The Balaban J connectivity index is 1.67. The molecule has 3 aromatic heterocycles. The molecule has 1 aromatic carbocycles. The highest BCUT2D eigenvalue weighted by atomic mass is 32.2. The van der Waals surface area contributed by atoms with Gasteiger partial charge in [0.05, 0.1) is 17.1 Å². The zero-order valence-electron chi connectivity index (χ0n) is 18.1. The first-order valence-corrected chi connectivity index (χ1v) is 11.4. The third kappa shape index (κ3) is 3.58. The summed E-state index contributed by atoms with van der Waals surface area (Å²) in [7, 11) is 0. The molecule has 160 valence electrons. The van der Waals surface area contributed by atoms with Gasteiger partial charge in [-0.2, -0.15) is 0 Å². The number of pyridine rings is 2. The number of benzene rings is 1. The molecule has 7 heteroatoms. The molecule has 1 N–H and O–H groups in total. The highest BCUT2D eigenvalue weighted by Gasteiger charge is 2.25. The van der Waals surface area contributed by atoms with Gasteiger partial charge < -0.3 is 5.32 Å². The van der Waals surface area contributed by atoms with Crippen LogP contribution in [0.25, 0.3) is 22.3 Å². The Labute approximate surface area is 190 Å². The van der Waals surface area contributed by atoms with E-state index in [4.69, 9.17) is 0 Å². The molecule has 1 aliphatic heterocycles. The molecule has 6 nitrogen and oxygen atoms in total. The van der Waals surface area contributed by atoms with Crippen LogP contribution in [0.1, 0.15) is 38.1 Å². The first-order valence-electron chi connectivity index (χ1n) is 10.6. The molecule has 0 spiro atoms. The van der Waals surface area contributed by atoms with E-state index in [1.807, 2.05) is 56.3 Å². The summed E-state index contributed by atoms with van der Waals surface area (Å²) in [4.78, 5) is 27.9. The highest BCUT2D eigenvalue weighted by molar-refractivity contribution is 8.00. The smallest absolute Gasteiger partial charge is 0.264 e. The fraction of sp³-hybridized carbons (Fsp3) is 0.200. The number of thioether (sulfide) groups is 1. The van der Waals surface area contributed by atoms with Crippen LogP contribution in [0.15, 0.2) is 76.8 Å². The van der Waals surface area contributed by atoms with Gasteiger partial charge in [0.1, 0.15) is 11.8 Å². The number of fused-ring (bicyclic) bond motifs is 2. The molecule has 4 aromatic rings. The normalized spacial score (nSPS) is 16.3. The molecule has 0 saturated carbocycles. The van der Waals surface area contributed by atoms with Crippen LogP contribution in [-0.4, -0.2) is 24.8 Å². The van der Waals surface area contributed by atoms with E-state index >= 15 is 0 Å². The molecule has 4 heterocycles. The van der Waals surface area contributed by atoms with E-state index in [2.05, 4.69) is 39.3 Å². The van der Waals surface area contributed by atoms with Crippen LogP contribution in [0.3, 0.4) is 0 Å². The van der Waals surface area contributed by atoms with Crippen LogP contribution in [0.4, 0.5) is 5.82 Å². The number of hydrogen-bond donors (Lipinski definition) is 1. The van der Waals surface area contributed by atoms with Gasteiger partial charge in [0.25, 0.3) is 5.56 Å². The first-order chi connectivity index (χ1) is 15.5. The molecule has 0 saturated heterocycles. The van der Waals surface area contributed by atoms with Crippen molar-refractivity contribution >= 4 is 34.2 Å². The molecule has 0 bridgehead atoms. The maximum Gasteiger partial charge on any atom is 0.264 e. The standard InChI is InChI=1S/C25H23N5OS/c1-15-12-16(2)32-21-13-20(30(25(31)22(15)21)18-8-5-4-6-9-18)17(3)29-24-23-19(27-14-28-24)10-7-11-26-23/h4-14,16-17H,1-3H3,(H,27,28,29). The Hall–Kier alpha value is -3.45. The molecule has 0 aliphatic carbocycles. The predicted molar refractivity (Wildman–Crippen MR) is 130 cm³/mol. The second-order valence-electron chi connectivity index (χ2n) is 7.92. The first kappa shape index (κ1) is 20.5. The van der Waals surface area contributed by atoms with Crippen LogP contribution >= 0.6 is 11.8 Å². The van der Waals surface area contributed by atoms with E-state index in [1.54, 1.807) is 22.5 Å². The number of para-hydroxylation sites is 1. The molecule has 0 amide bonds. The number of rotatable bonds is 4. The van der Waals surface area contributed by atoms with E-state index < -0.39 is 0 Å². The monoisotopic (exact) mass is 441 g/mol. The SMILES string of the molecule is CC1=CC(C)Sc2cc(C(C)Nc3ncnc4cccnc34)n(-c3ccccc3)c(=O)c21. The summed E-state index contributed by atoms with van der Waals surface area (Å²) in [5.74, 6) is 0.643. The summed E-state index contributed by atoms with van der Waals surface area (Å²) in [6.45, 7) is 6.21. The summed E-state index contributed by atoms with van der Waals surface area (Å²) in [6.07, 6.45) is 5.42. The second kappa shape index (κ2) is 8.24.